The second-order valence-corrected chi connectivity index (χ2v) is 8.26. The van der Waals surface area contributed by atoms with E-state index >= 15 is 0 Å². The van der Waals surface area contributed by atoms with Gasteiger partial charge in [-0.2, -0.15) is 0 Å². The fraction of sp³-hybridized carbons (Fsp3) is 0.455. The van der Waals surface area contributed by atoms with Crippen LogP contribution in [-0.2, 0) is 5.60 Å². The number of nitrogens with zero attached hydrogens (tertiary/aromatic N) is 1. The molecule has 0 spiro atoms. The molecule has 1 aliphatic heterocycles. The molecule has 0 bridgehead atoms. The molecule has 1 N–H and O–H groups in total. The zero-order valence-corrected chi connectivity index (χ0v) is 15.6. The van der Waals surface area contributed by atoms with E-state index < -0.39 is 5.60 Å². The molecule has 2 aromatic carbocycles. The molecule has 2 nitrogen and oxygen atoms in total. The predicted octanol–water partition coefficient (Wildman–Crippen LogP) is 4.96. The molecule has 4 heteroatoms. The van der Waals surface area contributed by atoms with Gasteiger partial charge in [0, 0.05) is 18.1 Å². The van der Waals surface area contributed by atoms with Gasteiger partial charge in [0.15, 0.2) is 0 Å². The van der Waals surface area contributed by atoms with E-state index in [0.29, 0.717) is 10.9 Å². The molecule has 4 rings (SSSR count). The average Bonchev–Trinajstić information content (AvgIpc) is 3.42. The lowest BCUT2D eigenvalue weighted by molar-refractivity contribution is -0.0262. The Balaban J connectivity index is 1.25. The van der Waals surface area contributed by atoms with Gasteiger partial charge >= 0.3 is 0 Å². The Labute approximate surface area is 159 Å². The highest BCUT2D eigenvalue weighted by Gasteiger charge is 2.39. The third kappa shape index (κ3) is 3.95. The average molecular weight is 374 g/mol. The Morgan fingerprint density at radius 3 is 2.35 bits per heavy atom. The van der Waals surface area contributed by atoms with Crippen molar-refractivity contribution in [2.75, 3.05) is 19.6 Å². The summed E-state index contributed by atoms with van der Waals surface area (Å²) in [6.07, 6.45) is 3.93. The molecule has 0 aromatic heterocycles. The van der Waals surface area contributed by atoms with Crippen LogP contribution < -0.4 is 0 Å². The predicted molar refractivity (Wildman–Crippen MR) is 103 cm³/mol. The molecule has 2 atom stereocenters. The molecule has 1 heterocycles. The minimum Gasteiger partial charge on any atom is -0.385 e. The third-order valence-electron chi connectivity index (χ3n) is 6.10. The van der Waals surface area contributed by atoms with E-state index in [9.17, 15) is 9.50 Å². The van der Waals surface area contributed by atoms with Crippen LogP contribution in [0.25, 0.3) is 0 Å². The van der Waals surface area contributed by atoms with Crippen LogP contribution in [0.2, 0.25) is 5.02 Å². The van der Waals surface area contributed by atoms with Crippen LogP contribution >= 0.6 is 11.6 Å². The van der Waals surface area contributed by atoms with E-state index in [4.69, 9.17) is 11.6 Å². The van der Waals surface area contributed by atoms with Gasteiger partial charge in [-0.05, 0) is 79.5 Å². The van der Waals surface area contributed by atoms with Crippen molar-refractivity contribution in [2.45, 2.75) is 37.2 Å². The lowest BCUT2D eigenvalue weighted by Crippen LogP contribution is -2.42. The first kappa shape index (κ1) is 18.0. The van der Waals surface area contributed by atoms with Crippen molar-refractivity contribution in [1.82, 2.24) is 4.90 Å². The van der Waals surface area contributed by atoms with Crippen molar-refractivity contribution in [2.24, 2.45) is 5.92 Å². The molecule has 26 heavy (non-hydrogen) atoms. The van der Waals surface area contributed by atoms with Crippen molar-refractivity contribution >= 4 is 11.6 Å². The van der Waals surface area contributed by atoms with Crippen molar-refractivity contribution in [3.05, 3.63) is 70.5 Å². The van der Waals surface area contributed by atoms with E-state index in [0.717, 1.165) is 44.0 Å². The fourth-order valence-corrected chi connectivity index (χ4v) is 4.35. The van der Waals surface area contributed by atoms with Crippen molar-refractivity contribution in [1.29, 1.82) is 0 Å². The highest BCUT2D eigenvalue weighted by molar-refractivity contribution is 6.30. The van der Waals surface area contributed by atoms with Crippen LogP contribution in [0.4, 0.5) is 4.39 Å². The largest absolute Gasteiger partial charge is 0.385 e. The summed E-state index contributed by atoms with van der Waals surface area (Å²) in [5.41, 5.74) is 1.52. The molecule has 2 aliphatic rings. The number of benzene rings is 2. The first-order valence-electron chi connectivity index (χ1n) is 9.50. The topological polar surface area (TPSA) is 23.5 Å². The van der Waals surface area contributed by atoms with E-state index in [1.54, 1.807) is 12.1 Å². The first-order chi connectivity index (χ1) is 12.5. The standard InChI is InChI=1S/C22H25ClFNO/c23-19-5-3-18(4-6-19)22(26)10-13-25(14-11-22)12-9-17-15-21(17)16-1-7-20(24)8-2-16/h1-8,17,21,26H,9-15H2/t17-,21+/m0/s1. The highest BCUT2D eigenvalue weighted by Crippen LogP contribution is 2.49. The number of piperidine rings is 1. The van der Waals surface area contributed by atoms with Gasteiger partial charge in [-0.25, -0.2) is 4.39 Å². The number of aliphatic hydroxyl groups is 1. The van der Waals surface area contributed by atoms with Gasteiger partial charge in [-0.3, -0.25) is 0 Å². The summed E-state index contributed by atoms with van der Waals surface area (Å²) in [6.45, 7) is 2.93. The number of hydrogen-bond donors (Lipinski definition) is 1. The number of likely N-dealkylation sites (tertiary alicyclic amines) is 1. The van der Waals surface area contributed by atoms with Gasteiger partial charge in [-0.1, -0.05) is 35.9 Å². The number of rotatable bonds is 5. The summed E-state index contributed by atoms with van der Waals surface area (Å²) >= 11 is 5.95. The fourth-order valence-electron chi connectivity index (χ4n) is 4.23. The van der Waals surface area contributed by atoms with Crippen LogP contribution in [0.15, 0.2) is 48.5 Å². The molecule has 1 saturated heterocycles. The Hall–Kier alpha value is -1.42. The van der Waals surface area contributed by atoms with Crippen LogP contribution in [0.3, 0.4) is 0 Å². The summed E-state index contributed by atoms with van der Waals surface area (Å²) in [6, 6.07) is 14.6. The minimum atomic E-state index is -0.725. The molecule has 2 aromatic rings. The Morgan fingerprint density at radius 2 is 1.69 bits per heavy atom. The van der Waals surface area contributed by atoms with Crippen LogP contribution in [-0.4, -0.2) is 29.6 Å². The zero-order chi connectivity index (χ0) is 18.1. The van der Waals surface area contributed by atoms with Gasteiger partial charge in [0.05, 0.1) is 5.60 Å². The van der Waals surface area contributed by atoms with Crippen LogP contribution in [0.5, 0.6) is 0 Å². The monoisotopic (exact) mass is 373 g/mol. The Morgan fingerprint density at radius 1 is 1.04 bits per heavy atom. The van der Waals surface area contributed by atoms with Gasteiger partial charge in [-0.15, -0.1) is 0 Å². The smallest absolute Gasteiger partial charge is 0.123 e. The highest BCUT2D eigenvalue weighted by atomic mass is 35.5. The van der Waals surface area contributed by atoms with E-state index in [1.165, 1.54) is 18.4 Å². The molecule has 1 saturated carbocycles. The first-order valence-corrected chi connectivity index (χ1v) is 9.87. The summed E-state index contributed by atoms with van der Waals surface area (Å²) in [5, 5.41) is 11.7. The zero-order valence-electron chi connectivity index (χ0n) is 14.9. The lowest BCUT2D eigenvalue weighted by Gasteiger charge is -2.38. The summed E-state index contributed by atoms with van der Waals surface area (Å²) in [7, 11) is 0. The van der Waals surface area contributed by atoms with Gasteiger partial charge in [0.1, 0.15) is 5.82 Å². The van der Waals surface area contributed by atoms with Crippen LogP contribution in [0, 0.1) is 11.7 Å². The van der Waals surface area contributed by atoms with E-state index in [1.807, 2.05) is 36.4 Å². The summed E-state index contributed by atoms with van der Waals surface area (Å²) in [5.74, 6) is 1.16. The van der Waals surface area contributed by atoms with E-state index in [-0.39, 0.29) is 5.82 Å². The molecule has 2 fully saturated rings. The molecule has 0 unspecified atom stereocenters. The Bertz CT molecular complexity index is 738. The summed E-state index contributed by atoms with van der Waals surface area (Å²) < 4.78 is 13.0. The lowest BCUT2D eigenvalue weighted by atomic mass is 9.84. The van der Waals surface area contributed by atoms with Gasteiger partial charge < -0.3 is 10.0 Å². The van der Waals surface area contributed by atoms with Crippen molar-refractivity contribution < 1.29 is 9.50 Å². The maximum absolute atomic E-state index is 13.0. The maximum Gasteiger partial charge on any atom is 0.123 e. The van der Waals surface area contributed by atoms with Gasteiger partial charge in [0.25, 0.3) is 0 Å². The van der Waals surface area contributed by atoms with Crippen LogP contribution in [0.1, 0.15) is 42.7 Å². The molecule has 138 valence electrons. The molecular weight excluding hydrogens is 349 g/mol. The number of halogens is 2. The van der Waals surface area contributed by atoms with Gasteiger partial charge in [0.2, 0.25) is 0 Å². The molecule has 0 amide bonds. The van der Waals surface area contributed by atoms with Crippen molar-refractivity contribution in [3.63, 3.8) is 0 Å². The second-order valence-electron chi connectivity index (χ2n) is 7.82. The molecular formula is C22H25ClFNO. The molecule has 0 radical (unpaired) electrons. The quantitative estimate of drug-likeness (QED) is 0.801. The normalized spacial score (nSPS) is 25.2. The maximum atomic E-state index is 13.0. The van der Waals surface area contributed by atoms with Crippen molar-refractivity contribution in [3.8, 4) is 0 Å². The Kier molecular flexibility index (Phi) is 5.05. The second kappa shape index (κ2) is 7.30. The third-order valence-corrected chi connectivity index (χ3v) is 6.35. The minimum absolute atomic E-state index is 0.160. The number of hydrogen-bond acceptors (Lipinski definition) is 2. The molecule has 1 aliphatic carbocycles. The SMILES string of the molecule is OC1(c2ccc(Cl)cc2)CCN(CC[C@H]2C[C@@H]2c2ccc(F)cc2)CC1. The summed E-state index contributed by atoms with van der Waals surface area (Å²) in [4.78, 5) is 2.46. The van der Waals surface area contributed by atoms with E-state index in [2.05, 4.69) is 4.90 Å².